The van der Waals surface area contributed by atoms with Crippen molar-refractivity contribution in [3.05, 3.63) is 65.3 Å². The number of aromatic nitrogens is 2. The Morgan fingerprint density at radius 1 is 1.00 bits per heavy atom. The van der Waals surface area contributed by atoms with Crippen LogP contribution in [0.25, 0.3) is 0 Å². The van der Waals surface area contributed by atoms with E-state index in [1.54, 1.807) is 12.1 Å². The van der Waals surface area contributed by atoms with Gasteiger partial charge in [0.15, 0.2) is 15.7 Å². The molecule has 0 bridgehead atoms. The Bertz CT molecular complexity index is 1330. The van der Waals surface area contributed by atoms with Gasteiger partial charge in [-0.2, -0.15) is 4.98 Å². The van der Waals surface area contributed by atoms with Crippen LogP contribution < -0.4 is 20.9 Å². The summed E-state index contributed by atoms with van der Waals surface area (Å²) in [5.41, 5.74) is 2.86. The maximum absolute atomic E-state index is 12.6. The lowest BCUT2D eigenvalue weighted by Gasteiger charge is -2.28. The predicted molar refractivity (Wildman–Crippen MR) is 138 cm³/mol. The summed E-state index contributed by atoms with van der Waals surface area (Å²) in [4.78, 5) is 23.4. The van der Waals surface area contributed by atoms with Gasteiger partial charge >= 0.3 is 0 Å². The maximum atomic E-state index is 12.6. The second-order valence-electron chi connectivity index (χ2n) is 8.62. The first-order chi connectivity index (χ1) is 16.9. The predicted octanol–water partition coefficient (Wildman–Crippen LogP) is 3.74. The molecule has 1 aromatic heterocycles. The highest BCUT2D eigenvalue weighted by Crippen LogP contribution is 2.28. The molecule has 0 radical (unpaired) electrons. The number of hydrogen-bond donors (Lipinski definition) is 3. The van der Waals surface area contributed by atoms with Crippen LogP contribution in [-0.4, -0.2) is 54.9 Å². The molecule has 35 heavy (non-hydrogen) atoms. The molecule has 1 aliphatic heterocycles. The molecule has 11 heteroatoms. The second kappa shape index (κ2) is 9.71. The van der Waals surface area contributed by atoms with Gasteiger partial charge in [-0.25, -0.2) is 13.4 Å². The van der Waals surface area contributed by atoms with Gasteiger partial charge in [0, 0.05) is 30.5 Å². The van der Waals surface area contributed by atoms with Crippen molar-refractivity contribution >= 4 is 56.2 Å². The SMILES string of the molecule is O=C(NC1CC1)c1ccccc1Nc1nc(Nc2ccc(N3CCS(=O)(=O)CC3)cc2)ncc1Cl. The van der Waals surface area contributed by atoms with E-state index in [2.05, 4.69) is 30.8 Å². The smallest absolute Gasteiger partial charge is 0.253 e. The largest absolute Gasteiger partial charge is 0.369 e. The first-order valence-corrected chi connectivity index (χ1v) is 13.6. The van der Waals surface area contributed by atoms with Crippen LogP contribution in [-0.2, 0) is 9.84 Å². The van der Waals surface area contributed by atoms with Crippen LogP contribution in [0.5, 0.6) is 0 Å². The number of amides is 1. The standard InChI is InChI=1S/C24H25ClN6O3S/c25-20-15-26-24(28-17-7-9-18(10-8-17)31-11-13-35(33,34)14-12-31)30-22(20)29-21-4-2-1-3-19(21)23(32)27-16-5-6-16/h1-4,7-10,15-16H,5-6,11-14H2,(H,27,32)(H2,26,28,29,30). The van der Waals surface area contributed by atoms with Gasteiger partial charge < -0.3 is 20.9 Å². The number of para-hydroxylation sites is 1. The van der Waals surface area contributed by atoms with Gasteiger partial charge in [0.05, 0.1) is 29.0 Å². The fraction of sp³-hybridized carbons (Fsp3) is 0.292. The summed E-state index contributed by atoms with van der Waals surface area (Å²) in [6, 6.07) is 15.1. The van der Waals surface area contributed by atoms with Crippen molar-refractivity contribution in [1.82, 2.24) is 15.3 Å². The fourth-order valence-electron chi connectivity index (χ4n) is 3.78. The Hall–Kier alpha value is -3.37. The van der Waals surface area contributed by atoms with Crippen LogP contribution in [0.15, 0.2) is 54.7 Å². The number of sulfone groups is 1. The number of rotatable bonds is 7. The van der Waals surface area contributed by atoms with E-state index < -0.39 is 9.84 Å². The highest BCUT2D eigenvalue weighted by Gasteiger charge is 2.25. The van der Waals surface area contributed by atoms with Crippen molar-refractivity contribution in [2.75, 3.05) is 40.1 Å². The number of halogens is 1. The molecule has 0 atom stereocenters. The van der Waals surface area contributed by atoms with E-state index in [0.717, 1.165) is 24.2 Å². The highest BCUT2D eigenvalue weighted by molar-refractivity contribution is 7.91. The molecule has 2 heterocycles. The molecular formula is C24H25ClN6O3S. The third-order valence-corrected chi connectivity index (χ3v) is 7.80. The third kappa shape index (κ3) is 5.83. The fourth-order valence-corrected chi connectivity index (χ4v) is 5.12. The lowest BCUT2D eigenvalue weighted by atomic mass is 10.1. The lowest BCUT2D eigenvalue weighted by molar-refractivity contribution is 0.0952. The number of anilines is 5. The Labute approximate surface area is 208 Å². The van der Waals surface area contributed by atoms with Gasteiger partial charge in [0.1, 0.15) is 5.02 Å². The van der Waals surface area contributed by atoms with E-state index in [9.17, 15) is 13.2 Å². The number of carbonyl (C=O) groups is 1. The minimum absolute atomic E-state index is 0.134. The van der Waals surface area contributed by atoms with Gasteiger partial charge in [-0.05, 0) is 49.2 Å². The molecule has 3 N–H and O–H groups in total. The molecule has 1 aliphatic carbocycles. The summed E-state index contributed by atoms with van der Waals surface area (Å²) in [5, 5.41) is 9.64. The summed E-state index contributed by atoms with van der Waals surface area (Å²) < 4.78 is 23.3. The Morgan fingerprint density at radius 3 is 2.43 bits per heavy atom. The molecular weight excluding hydrogens is 488 g/mol. The maximum Gasteiger partial charge on any atom is 0.253 e. The summed E-state index contributed by atoms with van der Waals surface area (Å²) in [6.07, 6.45) is 3.51. The number of benzene rings is 2. The summed E-state index contributed by atoms with van der Waals surface area (Å²) >= 11 is 6.34. The molecule has 0 spiro atoms. The topological polar surface area (TPSA) is 116 Å². The van der Waals surface area contributed by atoms with Crippen molar-refractivity contribution in [3.63, 3.8) is 0 Å². The van der Waals surface area contributed by atoms with Crippen LogP contribution in [0.2, 0.25) is 5.02 Å². The molecule has 0 unspecified atom stereocenters. The quantitative estimate of drug-likeness (QED) is 0.438. The van der Waals surface area contributed by atoms with E-state index in [1.165, 1.54) is 6.20 Å². The second-order valence-corrected chi connectivity index (χ2v) is 11.3. The van der Waals surface area contributed by atoms with E-state index in [4.69, 9.17) is 11.6 Å². The van der Waals surface area contributed by atoms with Crippen molar-refractivity contribution in [2.45, 2.75) is 18.9 Å². The zero-order valence-electron chi connectivity index (χ0n) is 18.9. The summed E-state index contributed by atoms with van der Waals surface area (Å²) in [6.45, 7) is 0.981. The molecule has 182 valence electrons. The molecule has 2 aromatic carbocycles. The van der Waals surface area contributed by atoms with Crippen LogP contribution in [0.1, 0.15) is 23.2 Å². The average molecular weight is 513 g/mol. The lowest BCUT2D eigenvalue weighted by Crippen LogP contribution is -2.40. The van der Waals surface area contributed by atoms with E-state index >= 15 is 0 Å². The van der Waals surface area contributed by atoms with Gasteiger partial charge in [-0.15, -0.1) is 0 Å². The van der Waals surface area contributed by atoms with Gasteiger partial charge in [0.2, 0.25) is 5.95 Å². The first-order valence-electron chi connectivity index (χ1n) is 11.4. The molecule has 3 aromatic rings. The third-order valence-electron chi connectivity index (χ3n) is 5.91. The minimum Gasteiger partial charge on any atom is -0.369 e. The summed E-state index contributed by atoms with van der Waals surface area (Å²) in [7, 11) is -2.92. The van der Waals surface area contributed by atoms with Crippen LogP contribution in [0.3, 0.4) is 0 Å². The number of hydrogen-bond acceptors (Lipinski definition) is 8. The Balaban J connectivity index is 1.28. The van der Waals surface area contributed by atoms with Gasteiger partial charge in [-0.3, -0.25) is 4.79 Å². The van der Waals surface area contributed by atoms with E-state index in [-0.39, 0.29) is 23.5 Å². The van der Waals surface area contributed by atoms with Gasteiger partial charge in [-0.1, -0.05) is 23.7 Å². The number of carbonyl (C=O) groups excluding carboxylic acids is 1. The van der Waals surface area contributed by atoms with E-state index in [0.29, 0.717) is 41.1 Å². The number of nitrogens with one attached hydrogen (secondary N) is 3. The van der Waals surface area contributed by atoms with Crippen molar-refractivity contribution in [2.24, 2.45) is 0 Å². The average Bonchev–Trinajstić information content (AvgIpc) is 3.66. The molecule has 1 saturated carbocycles. The molecule has 2 aliphatic rings. The zero-order valence-corrected chi connectivity index (χ0v) is 20.4. The minimum atomic E-state index is -2.92. The number of nitrogens with zero attached hydrogens (tertiary/aromatic N) is 3. The first kappa shape index (κ1) is 23.4. The molecule has 1 amide bonds. The summed E-state index contributed by atoms with van der Waals surface area (Å²) in [5.74, 6) is 0.931. The highest BCUT2D eigenvalue weighted by atomic mass is 35.5. The van der Waals surface area contributed by atoms with Gasteiger partial charge in [0.25, 0.3) is 5.91 Å². The monoisotopic (exact) mass is 512 g/mol. The van der Waals surface area contributed by atoms with Crippen molar-refractivity contribution in [3.8, 4) is 0 Å². The molecule has 1 saturated heterocycles. The Morgan fingerprint density at radius 2 is 1.71 bits per heavy atom. The molecule has 5 rings (SSSR count). The molecule has 2 fully saturated rings. The zero-order chi connectivity index (χ0) is 24.4. The van der Waals surface area contributed by atoms with Crippen molar-refractivity contribution < 1.29 is 13.2 Å². The Kier molecular flexibility index (Phi) is 6.48. The van der Waals surface area contributed by atoms with Crippen LogP contribution >= 0.6 is 11.6 Å². The van der Waals surface area contributed by atoms with E-state index in [1.807, 2.05) is 36.4 Å². The normalized spacial score (nSPS) is 17.0. The van der Waals surface area contributed by atoms with Crippen LogP contribution in [0.4, 0.5) is 28.8 Å². The molecule has 9 nitrogen and oxygen atoms in total. The van der Waals surface area contributed by atoms with Crippen molar-refractivity contribution in [1.29, 1.82) is 0 Å². The van der Waals surface area contributed by atoms with Crippen LogP contribution in [0, 0.1) is 0 Å².